The third kappa shape index (κ3) is 3.10. The fourth-order valence-corrected chi connectivity index (χ4v) is 2.68. The molecule has 1 atom stereocenters. The Hall–Kier alpha value is -1.61. The van der Waals surface area contributed by atoms with Crippen LogP contribution in [0.25, 0.3) is 5.69 Å². The van der Waals surface area contributed by atoms with E-state index in [0.29, 0.717) is 6.04 Å². The number of hydrogen-bond donors (Lipinski definition) is 1. The normalized spacial score (nSPS) is 16.2. The number of rotatable bonds is 7. The van der Waals surface area contributed by atoms with Crippen LogP contribution in [0.15, 0.2) is 42.6 Å². The number of hydrogen-bond acceptors (Lipinski definition) is 2. The molecule has 1 aliphatic carbocycles. The molecule has 3 rings (SSSR count). The van der Waals surface area contributed by atoms with Gasteiger partial charge in [-0.05, 0) is 43.5 Å². The van der Waals surface area contributed by atoms with Crippen LogP contribution in [0, 0.1) is 5.92 Å². The Morgan fingerprint density at radius 2 is 2.05 bits per heavy atom. The van der Waals surface area contributed by atoms with E-state index < -0.39 is 0 Å². The topological polar surface area (TPSA) is 29.9 Å². The second kappa shape index (κ2) is 6.23. The van der Waals surface area contributed by atoms with Gasteiger partial charge in [0.1, 0.15) is 0 Å². The number of nitrogens with one attached hydrogen (secondary N) is 1. The summed E-state index contributed by atoms with van der Waals surface area (Å²) in [6, 6.07) is 13.0. The molecule has 1 fully saturated rings. The van der Waals surface area contributed by atoms with Gasteiger partial charge in [0, 0.05) is 12.2 Å². The van der Waals surface area contributed by atoms with E-state index in [1.165, 1.54) is 31.4 Å². The summed E-state index contributed by atoms with van der Waals surface area (Å²) in [4.78, 5) is 0. The molecule has 2 aromatic rings. The van der Waals surface area contributed by atoms with E-state index in [4.69, 9.17) is 0 Å². The van der Waals surface area contributed by atoms with Crippen molar-refractivity contribution in [2.75, 3.05) is 6.54 Å². The number of benzene rings is 1. The first-order chi connectivity index (χ1) is 9.88. The molecule has 1 aromatic heterocycles. The van der Waals surface area contributed by atoms with Gasteiger partial charge in [-0.25, -0.2) is 4.68 Å². The summed E-state index contributed by atoms with van der Waals surface area (Å²) in [5.41, 5.74) is 2.43. The van der Waals surface area contributed by atoms with Gasteiger partial charge in [0.05, 0.1) is 11.4 Å². The van der Waals surface area contributed by atoms with Crippen LogP contribution in [0.2, 0.25) is 0 Å². The van der Waals surface area contributed by atoms with E-state index in [2.05, 4.69) is 52.4 Å². The van der Waals surface area contributed by atoms with Gasteiger partial charge in [0.25, 0.3) is 0 Å². The monoisotopic (exact) mass is 269 g/mol. The van der Waals surface area contributed by atoms with Gasteiger partial charge in [0.2, 0.25) is 0 Å². The molecule has 1 aromatic carbocycles. The molecule has 1 heterocycles. The minimum Gasteiger partial charge on any atom is -0.309 e. The summed E-state index contributed by atoms with van der Waals surface area (Å²) in [7, 11) is 0. The van der Waals surface area contributed by atoms with Crippen molar-refractivity contribution in [1.82, 2.24) is 15.1 Å². The van der Waals surface area contributed by atoms with Crippen molar-refractivity contribution in [3.05, 3.63) is 48.3 Å². The van der Waals surface area contributed by atoms with Crippen LogP contribution in [0.5, 0.6) is 0 Å². The van der Waals surface area contributed by atoms with E-state index in [1.807, 2.05) is 12.3 Å². The van der Waals surface area contributed by atoms with Crippen molar-refractivity contribution in [3.63, 3.8) is 0 Å². The van der Waals surface area contributed by atoms with Gasteiger partial charge in [-0.1, -0.05) is 38.0 Å². The Labute approximate surface area is 121 Å². The van der Waals surface area contributed by atoms with E-state index >= 15 is 0 Å². The standard InChI is InChI=1S/C17H23N3/c1-2-11-18-16(13-14-8-9-14)17-10-12-19-20(17)15-6-4-3-5-7-15/h3-7,10,12,14,16,18H,2,8-9,11,13H2,1H3. The molecular formula is C17H23N3. The first-order valence-electron chi connectivity index (χ1n) is 7.71. The van der Waals surface area contributed by atoms with Crippen LogP contribution in [0.4, 0.5) is 0 Å². The maximum atomic E-state index is 4.52. The molecule has 1 aliphatic rings. The van der Waals surface area contributed by atoms with Crippen molar-refractivity contribution in [1.29, 1.82) is 0 Å². The number of aromatic nitrogens is 2. The average Bonchev–Trinajstić information content (AvgIpc) is 3.18. The molecule has 1 N–H and O–H groups in total. The molecule has 0 saturated heterocycles. The van der Waals surface area contributed by atoms with Crippen LogP contribution in [0.1, 0.15) is 44.3 Å². The van der Waals surface area contributed by atoms with Crippen molar-refractivity contribution >= 4 is 0 Å². The van der Waals surface area contributed by atoms with Crippen LogP contribution < -0.4 is 5.32 Å². The van der Waals surface area contributed by atoms with Crippen LogP contribution in [0.3, 0.4) is 0 Å². The Bertz CT molecular complexity index is 528. The van der Waals surface area contributed by atoms with E-state index in [1.54, 1.807) is 0 Å². The Kier molecular flexibility index (Phi) is 4.16. The van der Waals surface area contributed by atoms with E-state index in [-0.39, 0.29) is 0 Å². The lowest BCUT2D eigenvalue weighted by Crippen LogP contribution is -2.25. The number of nitrogens with zero attached hydrogens (tertiary/aromatic N) is 2. The Balaban J connectivity index is 1.84. The fraction of sp³-hybridized carbons (Fsp3) is 0.471. The van der Waals surface area contributed by atoms with Crippen molar-refractivity contribution in [2.24, 2.45) is 5.92 Å². The molecule has 0 amide bonds. The predicted octanol–water partition coefficient (Wildman–Crippen LogP) is 3.71. The second-order valence-electron chi connectivity index (χ2n) is 5.69. The van der Waals surface area contributed by atoms with Gasteiger partial charge in [0.15, 0.2) is 0 Å². The smallest absolute Gasteiger partial charge is 0.0649 e. The predicted molar refractivity (Wildman–Crippen MR) is 81.9 cm³/mol. The summed E-state index contributed by atoms with van der Waals surface area (Å²) < 4.78 is 2.08. The van der Waals surface area contributed by atoms with Crippen LogP contribution in [-0.2, 0) is 0 Å². The van der Waals surface area contributed by atoms with Gasteiger partial charge in [-0.15, -0.1) is 0 Å². The van der Waals surface area contributed by atoms with Crippen LogP contribution in [-0.4, -0.2) is 16.3 Å². The zero-order valence-corrected chi connectivity index (χ0v) is 12.1. The molecule has 3 heteroatoms. The third-order valence-electron chi connectivity index (χ3n) is 3.94. The molecule has 20 heavy (non-hydrogen) atoms. The van der Waals surface area contributed by atoms with Crippen molar-refractivity contribution in [2.45, 2.75) is 38.6 Å². The average molecular weight is 269 g/mol. The molecular weight excluding hydrogens is 246 g/mol. The summed E-state index contributed by atoms with van der Waals surface area (Å²) in [6.07, 6.45) is 7.10. The highest BCUT2D eigenvalue weighted by Gasteiger charge is 2.27. The van der Waals surface area contributed by atoms with Crippen molar-refractivity contribution < 1.29 is 0 Å². The minimum absolute atomic E-state index is 0.421. The molecule has 1 unspecified atom stereocenters. The molecule has 0 spiro atoms. The lowest BCUT2D eigenvalue weighted by atomic mass is 10.1. The quantitative estimate of drug-likeness (QED) is 0.830. The lowest BCUT2D eigenvalue weighted by molar-refractivity contribution is 0.455. The number of para-hydroxylation sites is 1. The van der Waals surface area contributed by atoms with Crippen LogP contribution >= 0.6 is 0 Å². The van der Waals surface area contributed by atoms with Gasteiger partial charge >= 0.3 is 0 Å². The van der Waals surface area contributed by atoms with Crippen molar-refractivity contribution in [3.8, 4) is 5.69 Å². The second-order valence-corrected chi connectivity index (χ2v) is 5.69. The molecule has 0 bridgehead atoms. The highest BCUT2D eigenvalue weighted by molar-refractivity contribution is 5.33. The Morgan fingerprint density at radius 1 is 1.25 bits per heavy atom. The first kappa shape index (κ1) is 13.4. The largest absolute Gasteiger partial charge is 0.309 e. The first-order valence-corrected chi connectivity index (χ1v) is 7.71. The van der Waals surface area contributed by atoms with E-state index in [9.17, 15) is 0 Å². The lowest BCUT2D eigenvalue weighted by Gasteiger charge is -2.20. The zero-order valence-electron chi connectivity index (χ0n) is 12.1. The molecule has 3 nitrogen and oxygen atoms in total. The van der Waals surface area contributed by atoms with E-state index in [0.717, 1.165) is 18.2 Å². The van der Waals surface area contributed by atoms with Gasteiger partial charge < -0.3 is 5.32 Å². The molecule has 0 radical (unpaired) electrons. The SMILES string of the molecule is CCCNC(CC1CC1)c1ccnn1-c1ccccc1. The maximum absolute atomic E-state index is 4.52. The molecule has 106 valence electrons. The van der Waals surface area contributed by atoms with Gasteiger partial charge in [-0.2, -0.15) is 5.10 Å². The molecule has 1 saturated carbocycles. The summed E-state index contributed by atoms with van der Waals surface area (Å²) in [6.45, 7) is 3.28. The highest BCUT2D eigenvalue weighted by Crippen LogP contribution is 2.37. The Morgan fingerprint density at radius 3 is 2.75 bits per heavy atom. The third-order valence-corrected chi connectivity index (χ3v) is 3.94. The fourth-order valence-electron chi connectivity index (χ4n) is 2.68. The minimum atomic E-state index is 0.421. The highest BCUT2D eigenvalue weighted by atomic mass is 15.3. The maximum Gasteiger partial charge on any atom is 0.0649 e. The molecule has 0 aliphatic heterocycles. The summed E-state index contributed by atoms with van der Waals surface area (Å²) >= 11 is 0. The summed E-state index contributed by atoms with van der Waals surface area (Å²) in [5.74, 6) is 0.906. The zero-order chi connectivity index (χ0) is 13.8. The van der Waals surface area contributed by atoms with Gasteiger partial charge in [-0.3, -0.25) is 0 Å². The summed E-state index contributed by atoms with van der Waals surface area (Å²) in [5, 5.41) is 8.21.